The summed E-state index contributed by atoms with van der Waals surface area (Å²) < 4.78 is 33.1. The SMILES string of the molecule is O=C(NC(c1cc(F)c(Cl)cc1F)C1COC1)[C@H]1C[C@H]2C[C@H]2N1. The number of carbonyl (C=O) groups excluding carboxylic acids is 1. The van der Waals surface area contributed by atoms with Gasteiger partial charge in [0, 0.05) is 17.5 Å². The largest absolute Gasteiger partial charge is 0.381 e. The van der Waals surface area contributed by atoms with Crippen LogP contribution in [0.4, 0.5) is 8.78 Å². The van der Waals surface area contributed by atoms with E-state index in [2.05, 4.69) is 10.6 Å². The Balaban J connectivity index is 1.55. The van der Waals surface area contributed by atoms with Crippen LogP contribution < -0.4 is 10.6 Å². The number of rotatable bonds is 4. The number of carbonyl (C=O) groups is 1. The van der Waals surface area contributed by atoms with Gasteiger partial charge in [-0.2, -0.15) is 0 Å². The number of benzene rings is 1. The number of halogens is 3. The van der Waals surface area contributed by atoms with Crippen molar-refractivity contribution in [3.05, 3.63) is 34.4 Å². The Labute approximate surface area is 137 Å². The first-order valence-corrected chi connectivity index (χ1v) is 8.19. The van der Waals surface area contributed by atoms with E-state index in [-0.39, 0.29) is 28.5 Å². The van der Waals surface area contributed by atoms with Gasteiger partial charge in [-0.25, -0.2) is 8.78 Å². The van der Waals surface area contributed by atoms with Gasteiger partial charge in [0.1, 0.15) is 11.6 Å². The second kappa shape index (κ2) is 5.69. The van der Waals surface area contributed by atoms with E-state index in [0.717, 1.165) is 25.0 Å². The zero-order valence-electron chi connectivity index (χ0n) is 12.3. The van der Waals surface area contributed by atoms with E-state index in [1.54, 1.807) is 0 Å². The number of hydrogen-bond donors (Lipinski definition) is 2. The van der Waals surface area contributed by atoms with Crippen molar-refractivity contribution in [3.63, 3.8) is 0 Å². The van der Waals surface area contributed by atoms with Crippen LogP contribution in [0.15, 0.2) is 12.1 Å². The minimum absolute atomic E-state index is 0.0648. The van der Waals surface area contributed by atoms with Crippen molar-refractivity contribution in [1.82, 2.24) is 10.6 Å². The van der Waals surface area contributed by atoms with E-state index in [0.29, 0.717) is 25.2 Å². The van der Waals surface area contributed by atoms with Crippen molar-refractivity contribution in [2.45, 2.75) is 31.0 Å². The van der Waals surface area contributed by atoms with E-state index in [9.17, 15) is 13.6 Å². The highest BCUT2D eigenvalue weighted by atomic mass is 35.5. The smallest absolute Gasteiger partial charge is 0.237 e. The Morgan fingerprint density at radius 1 is 1.30 bits per heavy atom. The minimum atomic E-state index is -0.692. The predicted molar refractivity (Wildman–Crippen MR) is 80.0 cm³/mol. The van der Waals surface area contributed by atoms with Gasteiger partial charge < -0.3 is 15.4 Å². The molecule has 1 aliphatic carbocycles. The fourth-order valence-corrected chi connectivity index (χ4v) is 3.60. The second-order valence-electron chi connectivity index (χ2n) is 6.63. The van der Waals surface area contributed by atoms with Gasteiger partial charge in [-0.1, -0.05) is 11.6 Å². The molecule has 1 amide bonds. The summed E-state index contributed by atoms with van der Waals surface area (Å²) in [5, 5.41) is 5.87. The Hall–Kier alpha value is -1.24. The van der Waals surface area contributed by atoms with Crippen LogP contribution in [-0.4, -0.2) is 31.2 Å². The highest BCUT2D eigenvalue weighted by molar-refractivity contribution is 6.30. The van der Waals surface area contributed by atoms with Crippen LogP contribution in [0.1, 0.15) is 24.4 Å². The molecule has 4 nitrogen and oxygen atoms in total. The number of piperidine rings is 1. The average Bonchev–Trinajstić information content (AvgIpc) is 3.06. The number of hydrogen-bond acceptors (Lipinski definition) is 3. The highest BCUT2D eigenvalue weighted by Gasteiger charge is 2.48. The summed E-state index contributed by atoms with van der Waals surface area (Å²) in [7, 11) is 0. The average molecular weight is 343 g/mol. The first kappa shape index (κ1) is 15.3. The molecule has 3 aliphatic rings. The van der Waals surface area contributed by atoms with Crippen molar-refractivity contribution in [1.29, 1.82) is 0 Å². The van der Waals surface area contributed by atoms with Gasteiger partial charge in [0.2, 0.25) is 5.91 Å². The van der Waals surface area contributed by atoms with Crippen molar-refractivity contribution in [2.24, 2.45) is 11.8 Å². The lowest BCUT2D eigenvalue weighted by Crippen LogP contribution is -2.48. The zero-order valence-corrected chi connectivity index (χ0v) is 13.1. The van der Waals surface area contributed by atoms with Crippen molar-refractivity contribution < 1.29 is 18.3 Å². The van der Waals surface area contributed by atoms with Crippen LogP contribution in [0.25, 0.3) is 0 Å². The molecule has 124 valence electrons. The van der Waals surface area contributed by atoms with E-state index in [1.807, 2.05) is 0 Å². The monoisotopic (exact) mass is 342 g/mol. The van der Waals surface area contributed by atoms with Crippen molar-refractivity contribution >= 4 is 17.5 Å². The van der Waals surface area contributed by atoms with Gasteiger partial charge >= 0.3 is 0 Å². The first-order chi connectivity index (χ1) is 11.0. The molecule has 0 radical (unpaired) electrons. The third kappa shape index (κ3) is 2.84. The summed E-state index contributed by atoms with van der Waals surface area (Å²) >= 11 is 5.61. The van der Waals surface area contributed by atoms with Crippen LogP contribution >= 0.6 is 11.6 Å². The van der Waals surface area contributed by atoms with Crippen LogP contribution in [0.3, 0.4) is 0 Å². The van der Waals surface area contributed by atoms with Gasteiger partial charge in [-0.3, -0.25) is 4.79 Å². The maximum Gasteiger partial charge on any atom is 0.237 e. The number of amides is 1. The van der Waals surface area contributed by atoms with Gasteiger partial charge in [-0.15, -0.1) is 0 Å². The number of ether oxygens (including phenoxy) is 1. The molecule has 4 rings (SSSR count). The van der Waals surface area contributed by atoms with Crippen LogP contribution in [0.2, 0.25) is 5.02 Å². The molecule has 0 aromatic heterocycles. The molecule has 2 N–H and O–H groups in total. The van der Waals surface area contributed by atoms with E-state index >= 15 is 0 Å². The molecular formula is C16H17ClF2N2O2. The zero-order chi connectivity index (χ0) is 16.1. The molecule has 0 spiro atoms. The summed E-state index contributed by atoms with van der Waals surface area (Å²) in [5.41, 5.74) is 0.122. The highest BCUT2D eigenvalue weighted by Crippen LogP contribution is 2.41. The lowest BCUT2D eigenvalue weighted by molar-refractivity contribution is -0.126. The Bertz CT molecular complexity index is 643. The number of nitrogens with one attached hydrogen (secondary N) is 2. The molecule has 4 atom stereocenters. The van der Waals surface area contributed by atoms with Gasteiger partial charge in [-0.05, 0) is 30.9 Å². The molecule has 23 heavy (non-hydrogen) atoms. The quantitative estimate of drug-likeness (QED) is 0.825. The molecule has 2 saturated heterocycles. The summed E-state index contributed by atoms with van der Waals surface area (Å²) in [6.07, 6.45) is 1.93. The summed E-state index contributed by atoms with van der Waals surface area (Å²) in [4.78, 5) is 12.4. The Kier molecular flexibility index (Phi) is 3.78. The van der Waals surface area contributed by atoms with Crippen molar-refractivity contribution in [3.8, 4) is 0 Å². The maximum atomic E-state index is 14.2. The van der Waals surface area contributed by atoms with Crippen molar-refractivity contribution in [2.75, 3.05) is 13.2 Å². The lowest BCUT2D eigenvalue weighted by atomic mass is 9.90. The molecule has 2 aliphatic heterocycles. The molecule has 1 saturated carbocycles. The lowest BCUT2D eigenvalue weighted by Gasteiger charge is -2.35. The molecule has 7 heteroatoms. The number of fused-ring (bicyclic) bond motifs is 1. The van der Waals surface area contributed by atoms with Crippen LogP contribution in [0, 0.1) is 23.5 Å². The molecular weight excluding hydrogens is 326 g/mol. The summed E-state index contributed by atoms with van der Waals surface area (Å²) in [5.74, 6) is -0.951. The third-order valence-electron chi connectivity index (χ3n) is 5.00. The van der Waals surface area contributed by atoms with Crippen LogP contribution in [0.5, 0.6) is 0 Å². The Morgan fingerprint density at radius 2 is 2.09 bits per heavy atom. The fourth-order valence-electron chi connectivity index (χ4n) is 3.45. The van der Waals surface area contributed by atoms with E-state index in [1.165, 1.54) is 0 Å². The van der Waals surface area contributed by atoms with E-state index < -0.39 is 17.7 Å². The fraction of sp³-hybridized carbons (Fsp3) is 0.562. The second-order valence-corrected chi connectivity index (χ2v) is 7.04. The predicted octanol–water partition coefficient (Wildman–Crippen LogP) is 2.17. The molecule has 1 aromatic carbocycles. The molecule has 1 aromatic rings. The minimum Gasteiger partial charge on any atom is -0.381 e. The normalized spacial score (nSPS) is 30.5. The molecule has 3 fully saturated rings. The third-order valence-corrected chi connectivity index (χ3v) is 5.29. The topological polar surface area (TPSA) is 50.4 Å². The van der Waals surface area contributed by atoms with E-state index in [4.69, 9.17) is 16.3 Å². The molecule has 0 bridgehead atoms. The Morgan fingerprint density at radius 3 is 2.70 bits per heavy atom. The maximum absolute atomic E-state index is 14.2. The summed E-state index contributed by atoms with van der Waals surface area (Å²) in [6, 6.07) is 1.61. The summed E-state index contributed by atoms with van der Waals surface area (Å²) in [6.45, 7) is 0.829. The molecule has 2 heterocycles. The first-order valence-electron chi connectivity index (χ1n) is 7.81. The van der Waals surface area contributed by atoms with Gasteiger partial charge in [0.05, 0.1) is 30.3 Å². The van der Waals surface area contributed by atoms with Crippen LogP contribution in [-0.2, 0) is 9.53 Å². The standard InChI is InChI=1S/C16H17ClF2N2O2/c17-10-4-11(18)9(3-12(10)19)15(8-5-23-6-8)21-16(22)14-2-7-1-13(7)20-14/h3-4,7-8,13-15,20H,1-2,5-6H2,(H,21,22)/t7-,13-,14-,15?/m1/s1. The van der Waals surface area contributed by atoms with Gasteiger partial charge in [0.15, 0.2) is 0 Å². The molecule has 1 unspecified atom stereocenters. The van der Waals surface area contributed by atoms with Gasteiger partial charge in [0.25, 0.3) is 0 Å².